The van der Waals surface area contributed by atoms with Crippen LogP contribution in [0.15, 0.2) is 53.4 Å². The Labute approximate surface area is 161 Å². The summed E-state index contributed by atoms with van der Waals surface area (Å²) in [4.78, 5) is 14.1. The fraction of sp³-hybridized carbons (Fsp3) is 0.316. The van der Waals surface area contributed by atoms with Gasteiger partial charge < -0.3 is 4.90 Å². The summed E-state index contributed by atoms with van der Waals surface area (Å²) in [5.74, 6) is -0.543. The second-order valence-corrected chi connectivity index (χ2v) is 8.53. The van der Waals surface area contributed by atoms with Crippen LogP contribution in [0.25, 0.3) is 0 Å². The van der Waals surface area contributed by atoms with Crippen LogP contribution in [-0.4, -0.2) is 49.7 Å². The number of carbonyl (C=O) groups is 1. The molecular weight excluding hydrogens is 393 g/mol. The molecule has 2 aromatic carbocycles. The topological polar surface area (TPSA) is 57.7 Å². The lowest BCUT2D eigenvalue weighted by Gasteiger charge is -2.34. The first-order valence-corrected chi connectivity index (χ1v) is 10.1. The van der Waals surface area contributed by atoms with E-state index in [4.69, 9.17) is 0 Å². The molecule has 2 aromatic rings. The van der Waals surface area contributed by atoms with E-state index in [1.54, 1.807) is 12.1 Å². The predicted octanol–water partition coefficient (Wildman–Crippen LogP) is 3.16. The lowest BCUT2D eigenvalue weighted by atomic mass is 10.1. The Balaban J connectivity index is 1.70. The number of nitrogens with zero attached hydrogens (tertiary/aromatic N) is 2. The lowest BCUT2D eigenvalue weighted by Crippen LogP contribution is -2.50. The van der Waals surface area contributed by atoms with Gasteiger partial charge in [0.1, 0.15) is 0 Å². The van der Waals surface area contributed by atoms with Gasteiger partial charge in [-0.05, 0) is 37.3 Å². The minimum absolute atomic E-state index is 0.0651. The van der Waals surface area contributed by atoms with Crippen molar-refractivity contribution in [1.82, 2.24) is 9.21 Å². The summed E-state index contributed by atoms with van der Waals surface area (Å²) in [7, 11) is -3.67. The third-order valence-electron chi connectivity index (χ3n) is 4.62. The van der Waals surface area contributed by atoms with E-state index < -0.39 is 27.7 Å². The van der Waals surface area contributed by atoms with E-state index in [-0.39, 0.29) is 36.6 Å². The highest BCUT2D eigenvalue weighted by Crippen LogP contribution is 2.30. The van der Waals surface area contributed by atoms with E-state index in [1.165, 1.54) is 33.5 Å². The highest BCUT2D eigenvalue weighted by Gasteiger charge is 2.33. The second kappa shape index (κ2) is 7.56. The molecule has 0 unspecified atom stereocenters. The van der Waals surface area contributed by atoms with Gasteiger partial charge in [0.15, 0.2) is 0 Å². The van der Waals surface area contributed by atoms with Crippen LogP contribution in [0.1, 0.15) is 21.5 Å². The summed E-state index contributed by atoms with van der Waals surface area (Å²) >= 11 is 0. The molecule has 3 rings (SSSR count). The zero-order valence-electron chi connectivity index (χ0n) is 15.1. The van der Waals surface area contributed by atoms with Gasteiger partial charge in [0.2, 0.25) is 10.0 Å². The number of rotatable bonds is 3. The molecule has 1 amide bonds. The average molecular weight is 412 g/mol. The smallest absolute Gasteiger partial charge is 0.336 e. The number of sulfonamides is 1. The zero-order chi connectivity index (χ0) is 20.5. The molecule has 0 N–H and O–H groups in total. The van der Waals surface area contributed by atoms with Crippen molar-refractivity contribution in [3.05, 3.63) is 65.2 Å². The number of hydrogen-bond donors (Lipinski definition) is 0. The van der Waals surface area contributed by atoms with E-state index in [9.17, 15) is 26.4 Å². The molecule has 0 atom stereocenters. The molecule has 150 valence electrons. The van der Waals surface area contributed by atoms with E-state index in [0.29, 0.717) is 0 Å². The number of halogens is 3. The molecule has 28 heavy (non-hydrogen) atoms. The molecule has 9 heteroatoms. The van der Waals surface area contributed by atoms with Gasteiger partial charge in [0.25, 0.3) is 5.91 Å². The molecule has 5 nitrogen and oxygen atoms in total. The monoisotopic (exact) mass is 412 g/mol. The van der Waals surface area contributed by atoms with Crippen LogP contribution in [0, 0.1) is 6.92 Å². The number of amides is 1. The summed E-state index contributed by atoms with van der Waals surface area (Å²) in [6.07, 6.45) is -4.53. The van der Waals surface area contributed by atoms with Crippen molar-refractivity contribution in [3.63, 3.8) is 0 Å². The highest BCUT2D eigenvalue weighted by atomic mass is 32.2. The first-order chi connectivity index (χ1) is 13.1. The first kappa shape index (κ1) is 20.3. The van der Waals surface area contributed by atoms with Gasteiger partial charge in [-0.3, -0.25) is 4.79 Å². The van der Waals surface area contributed by atoms with E-state index in [2.05, 4.69) is 0 Å². The van der Waals surface area contributed by atoms with Crippen molar-refractivity contribution in [2.24, 2.45) is 0 Å². The number of benzene rings is 2. The molecule has 0 saturated carbocycles. The molecule has 1 aliphatic rings. The fourth-order valence-electron chi connectivity index (χ4n) is 3.00. The third kappa shape index (κ3) is 4.20. The lowest BCUT2D eigenvalue weighted by molar-refractivity contribution is -0.137. The number of hydrogen-bond acceptors (Lipinski definition) is 3. The van der Waals surface area contributed by atoms with Crippen molar-refractivity contribution in [3.8, 4) is 0 Å². The standard InChI is InChI=1S/C19H19F3N2O3S/c1-14-5-7-17(8-6-14)28(26,27)24-11-9-23(10-12-24)18(25)15-3-2-4-16(13-15)19(20,21)22/h2-8,13H,9-12H2,1H3. The van der Waals surface area contributed by atoms with Crippen LogP contribution >= 0.6 is 0 Å². The molecule has 0 bridgehead atoms. The van der Waals surface area contributed by atoms with Crippen molar-refractivity contribution >= 4 is 15.9 Å². The van der Waals surface area contributed by atoms with E-state index >= 15 is 0 Å². The Hall–Kier alpha value is -2.39. The Morgan fingerprint density at radius 1 is 0.964 bits per heavy atom. The van der Waals surface area contributed by atoms with Crippen molar-refractivity contribution in [2.45, 2.75) is 18.0 Å². The largest absolute Gasteiger partial charge is 0.416 e. The van der Waals surface area contributed by atoms with Crippen LogP contribution in [-0.2, 0) is 16.2 Å². The van der Waals surface area contributed by atoms with Gasteiger partial charge >= 0.3 is 6.18 Å². The number of carbonyl (C=O) groups excluding carboxylic acids is 1. The minimum Gasteiger partial charge on any atom is -0.336 e. The summed E-state index contributed by atoms with van der Waals surface area (Å²) in [6.45, 7) is 2.25. The Morgan fingerprint density at radius 3 is 2.14 bits per heavy atom. The Morgan fingerprint density at radius 2 is 1.57 bits per heavy atom. The summed E-state index contributed by atoms with van der Waals surface area (Å²) in [5, 5.41) is 0. The second-order valence-electron chi connectivity index (χ2n) is 6.59. The Kier molecular flexibility index (Phi) is 5.49. The minimum atomic E-state index is -4.53. The molecule has 1 heterocycles. The number of piperazine rings is 1. The average Bonchev–Trinajstić information content (AvgIpc) is 2.67. The van der Waals surface area contributed by atoms with Crippen LogP contribution < -0.4 is 0 Å². The molecule has 1 aliphatic heterocycles. The van der Waals surface area contributed by atoms with E-state index in [1.807, 2.05) is 6.92 Å². The van der Waals surface area contributed by atoms with Gasteiger partial charge in [-0.25, -0.2) is 8.42 Å². The molecule has 0 radical (unpaired) electrons. The van der Waals surface area contributed by atoms with Crippen molar-refractivity contribution in [2.75, 3.05) is 26.2 Å². The van der Waals surface area contributed by atoms with Crippen LogP contribution in [0.2, 0.25) is 0 Å². The summed E-state index contributed by atoms with van der Waals surface area (Å²) < 4.78 is 65.2. The summed E-state index contributed by atoms with van der Waals surface area (Å²) in [6, 6.07) is 10.7. The molecule has 1 fully saturated rings. The maximum absolute atomic E-state index is 12.8. The molecule has 0 aliphatic carbocycles. The first-order valence-electron chi connectivity index (χ1n) is 8.62. The molecule has 0 spiro atoms. The summed E-state index contributed by atoms with van der Waals surface area (Å²) in [5.41, 5.74) is -0.0148. The number of aryl methyl sites for hydroxylation is 1. The molecule has 1 saturated heterocycles. The van der Waals surface area contributed by atoms with Crippen molar-refractivity contribution < 1.29 is 26.4 Å². The van der Waals surface area contributed by atoms with Gasteiger partial charge in [-0.2, -0.15) is 17.5 Å². The third-order valence-corrected chi connectivity index (χ3v) is 6.53. The van der Waals surface area contributed by atoms with Gasteiger partial charge in [-0.1, -0.05) is 23.8 Å². The van der Waals surface area contributed by atoms with Gasteiger partial charge in [-0.15, -0.1) is 0 Å². The van der Waals surface area contributed by atoms with Crippen LogP contribution in [0.5, 0.6) is 0 Å². The van der Waals surface area contributed by atoms with Gasteiger partial charge in [0, 0.05) is 31.7 Å². The predicted molar refractivity (Wildman–Crippen MR) is 97.3 cm³/mol. The highest BCUT2D eigenvalue weighted by molar-refractivity contribution is 7.89. The van der Waals surface area contributed by atoms with Crippen LogP contribution in [0.4, 0.5) is 13.2 Å². The molecular formula is C19H19F3N2O3S. The fourth-order valence-corrected chi connectivity index (χ4v) is 4.42. The maximum atomic E-state index is 12.8. The van der Waals surface area contributed by atoms with Gasteiger partial charge in [0.05, 0.1) is 10.5 Å². The Bertz CT molecular complexity index is 965. The SMILES string of the molecule is Cc1ccc(S(=O)(=O)N2CCN(C(=O)c3cccc(C(F)(F)F)c3)CC2)cc1. The maximum Gasteiger partial charge on any atom is 0.416 e. The molecule has 0 aromatic heterocycles. The normalized spacial score (nSPS) is 16.2. The van der Waals surface area contributed by atoms with Crippen molar-refractivity contribution in [1.29, 1.82) is 0 Å². The van der Waals surface area contributed by atoms with Crippen LogP contribution in [0.3, 0.4) is 0 Å². The quantitative estimate of drug-likeness (QED) is 0.778. The zero-order valence-corrected chi connectivity index (χ0v) is 15.9. The van der Waals surface area contributed by atoms with E-state index in [0.717, 1.165) is 17.7 Å². The number of alkyl halides is 3.